The molecular formula is C17H25N3O4. The minimum atomic E-state index is -0.952. The maximum Gasteiger partial charge on any atom is 0.306 e. The second kappa shape index (κ2) is 9.67. The smallest absolute Gasteiger partial charge is 0.306 e. The van der Waals surface area contributed by atoms with Crippen LogP contribution in [0.5, 0.6) is 0 Å². The Kier molecular flexibility index (Phi) is 7.91. The molecule has 132 valence electrons. The predicted molar refractivity (Wildman–Crippen MR) is 89.4 cm³/mol. The molecule has 1 rings (SSSR count). The third-order valence-corrected chi connectivity index (χ3v) is 3.56. The van der Waals surface area contributed by atoms with E-state index >= 15 is 0 Å². The van der Waals surface area contributed by atoms with Gasteiger partial charge in [-0.3, -0.25) is 14.4 Å². The quantitative estimate of drug-likeness (QED) is 0.566. The number of primary amides is 1. The molecule has 0 spiro atoms. The lowest BCUT2D eigenvalue weighted by molar-refractivity contribution is -0.145. The molecule has 7 heteroatoms. The summed E-state index contributed by atoms with van der Waals surface area (Å²) in [5, 5.41) is 2.48. The van der Waals surface area contributed by atoms with Crippen LogP contribution in [0, 0.1) is 5.92 Å². The van der Waals surface area contributed by atoms with Crippen LogP contribution in [-0.4, -0.2) is 29.9 Å². The molecular weight excluding hydrogens is 310 g/mol. The molecule has 24 heavy (non-hydrogen) atoms. The second-order valence-electron chi connectivity index (χ2n) is 5.92. The summed E-state index contributed by atoms with van der Waals surface area (Å²) in [7, 11) is 0. The topological polar surface area (TPSA) is 125 Å². The van der Waals surface area contributed by atoms with E-state index in [0.717, 1.165) is 5.56 Å². The van der Waals surface area contributed by atoms with E-state index in [4.69, 9.17) is 16.2 Å². The first-order valence-corrected chi connectivity index (χ1v) is 7.86. The van der Waals surface area contributed by atoms with E-state index in [0.29, 0.717) is 0 Å². The molecule has 2 amide bonds. The van der Waals surface area contributed by atoms with Crippen LogP contribution in [0.4, 0.5) is 0 Å². The Bertz CT molecular complexity index is 560. The minimum Gasteiger partial charge on any atom is -0.461 e. The fourth-order valence-corrected chi connectivity index (χ4v) is 1.93. The summed E-state index contributed by atoms with van der Waals surface area (Å²) in [6, 6.07) is 7.55. The molecule has 2 atom stereocenters. The van der Waals surface area contributed by atoms with Crippen molar-refractivity contribution in [2.45, 2.75) is 45.4 Å². The number of carbonyl (C=O) groups is 3. The van der Waals surface area contributed by atoms with Gasteiger partial charge in [-0.15, -0.1) is 0 Å². The summed E-state index contributed by atoms with van der Waals surface area (Å²) in [5.74, 6) is -1.72. The SMILES string of the molecule is CC(C)[C@H](N)C(=O)N[C@H](CCC(=O)OCc1ccccc1)C(N)=O. The zero-order valence-electron chi connectivity index (χ0n) is 14.0. The summed E-state index contributed by atoms with van der Waals surface area (Å²) in [5.41, 5.74) is 11.9. The van der Waals surface area contributed by atoms with Crippen LogP contribution in [0.2, 0.25) is 0 Å². The Morgan fingerprint density at radius 3 is 2.33 bits per heavy atom. The van der Waals surface area contributed by atoms with Gasteiger partial charge < -0.3 is 21.5 Å². The molecule has 0 aliphatic carbocycles. The molecule has 1 aromatic carbocycles. The molecule has 1 aromatic rings. The van der Waals surface area contributed by atoms with Crippen molar-refractivity contribution in [2.24, 2.45) is 17.4 Å². The highest BCUT2D eigenvalue weighted by Crippen LogP contribution is 2.05. The molecule has 0 bridgehead atoms. The highest BCUT2D eigenvalue weighted by atomic mass is 16.5. The van der Waals surface area contributed by atoms with E-state index < -0.39 is 29.9 Å². The third kappa shape index (κ3) is 6.78. The molecule has 7 nitrogen and oxygen atoms in total. The van der Waals surface area contributed by atoms with Crippen LogP contribution < -0.4 is 16.8 Å². The lowest BCUT2D eigenvalue weighted by Gasteiger charge is -2.20. The molecule has 0 saturated heterocycles. The third-order valence-electron chi connectivity index (χ3n) is 3.56. The number of amides is 2. The van der Waals surface area contributed by atoms with E-state index in [2.05, 4.69) is 5.32 Å². The molecule has 0 saturated carbocycles. The van der Waals surface area contributed by atoms with Crippen molar-refractivity contribution >= 4 is 17.8 Å². The first-order valence-electron chi connectivity index (χ1n) is 7.86. The summed E-state index contributed by atoms with van der Waals surface area (Å²) in [6.45, 7) is 3.75. The summed E-state index contributed by atoms with van der Waals surface area (Å²) in [4.78, 5) is 35.1. The Labute approximate surface area is 141 Å². The molecule has 0 unspecified atom stereocenters. The van der Waals surface area contributed by atoms with Gasteiger partial charge in [-0.05, 0) is 17.9 Å². The largest absolute Gasteiger partial charge is 0.461 e. The Hall–Kier alpha value is -2.41. The minimum absolute atomic E-state index is 0.0301. The number of rotatable bonds is 9. The zero-order valence-corrected chi connectivity index (χ0v) is 14.0. The van der Waals surface area contributed by atoms with Gasteiger partial charge in [0.15, 0.2) is 0 Å². The van der Waals surface area contributed by atoms with Gasteiger partial charge in [0.25, 0.3) is 0 Å². The van der Waals surface area contributed by atoms with Crippen molar-refractivity contribution < 1.29 is 19.1 Å². The van der Waals surface area contributed by atoms with E-state index in [1.54, 1.807) is 13.8 Å². The average molecular weight is 335 g/mol. The average Bonchev–Trinajstić information content (AvgIpc) is 2.56. The molecule has 0 aliphatic heterocycles. The number of carbonyl (C=O) groups excluding carboxylic acids is 3. The van der Waals surface area contributed by atoms with Gasteiger partial charge in [0.2, 0.25) is 11.8 Å². The van der Waals surface area contributed by atoms with Crippen LogP contribution in [0.25, 0.3) is 0 Å². The van der Waals surface area contributed by atoms with Gasteiger partial charge in [0, 0.05) is 6.42 Å². The Morgan fingerprint density at radius 2 is 1.79 bits per heavy atom. The van der Waals surface area contributed by atoms with Crippen molar-refractivity contribution in [3.63, 3.8) is 0 Å². The highest BCUT2D eigenvalue weighted by Gasteiger charge is 2.24. The van der Waals surface area contributed by atoms with E-state index in [-0.39, 0.29) is 25.4 Å². The van der Waals surface area contributed by atoms with Crippen LogP contribution in [0.1, 0.15) is 32.3 Å². The summed E-state index contributed by atoms with van der Waals surface area (Å²) in [6.07, 6.45) is 0.0388. The van der Waals surface area contributed by atoms with Crippen LogP contribution in [0.3, 0.4) is 0 Å². The van der Waals surface area contributed by atoms with E-state index in [1.165, 1.54) is 0 Å². The molecule has 0 radical (unpaired) electrons. The van der Waals surface area contributed by atoms with Crippen molar-refractivity contribution in [3.05, 3.63) is 35.9 Å². The first kappa shape index (κ1) is 19.6. The van der Waals surface area contributed by atoms with Gasteiger partial charge in [0.1, 0.15) is 12.6 Å². The lowest BCUT2D eigenvalue weighted by atomic mass is 10.0. The number of hydrogen-bond acceptors (Lipinski definition) is 5. The monoisotopic (exact) mass is 335 g/mol. The Balaban J connectivity index is 2.44. The van der Waals surface area contributed by atoms with Gasteiger partial charge in [-0.25, -0.2) is 0 Å². The van der Waals surface area contributed by atoms with Gasteiger partial charge >= 0.3 is 5.97 Å². The van der Waals surface area contributed by atoms with Crippen LogP contribution in [0.15, 0.2) is 30.3 Å². The fraction of sp³-hybridized carbons (Fsp3) is 0.471. The first-order chi connectivity index (χ1) is 11.3. The maximum absolute atomic E-state index is 11.9. The normalized spacial score (nSPS) is 13.2. The van der Waals surface area contributed by atoms with Gasteiger partial charge in [-0.2, -0.15) is 0 Å². The van der Waals surface area contributed by atoms with E-state index in [1.807, 2.05) is 30.3 Å². The van der Waals surface area contributed by atoms with Gasteiger partial charge in [0.05, 0.1) is 6.04 Å². The van der Waals surface area contributed by atoms with E-state index in [9.17, 15) is 14.4 Å². The summed E-state index contributed by atoms with van der Waals surface area (Å²) >= 11 is 0. The standard InChI is InChI=1S/C17H25N3O4/c1-11(2)15(18)17(23)20-13(16(19)22)8-9-14(21)24-10-12-6-4-3-5-7-12/h3-7,11,13,15H,8-10,18H2,1-2H3,(H2,19,22)(H,20,23)/t13-,15+/m1/s1. The number of ether oxygens (including phenoxy) is 1. The number of esters is 1. The molecule has 0 aromatic heterocycles. The molecule has 0 aliphatic rings. The van der Waals surface area contributed by atoms with Crippen LogP contribution in [-0.2, 0) is 25.7 Å². The van der Waals surface area contributed by atoms with Gasteiger partial charge in [-0.1, -0.05) is 44.2 Å². The van der Waals surface area contributed by atoms with Crippen LogP contribution >= 0.6 is 0 Å². The molecule has 0 fully saturated rings. The fourth-order valence-electron chi connectivity index (χ4n) is 1.93. The van der Waals surface area contributed by atoms with Crippen molar-refractivity contribution in [2.75, 3.05) is 0 Å². The lowest BCUT2D eigenvalue weighted by Crippen LogP contribution is -2.52. The predicted octanol–water partition coefficient (Wildman–Crippen LogP) is 0.463. The molecule has 0 heterocycles. The van der Waals surface area contributed by atoms with Crippen molar-refractivity contribution in [3.8, 4) is 0 Å². The maximum atomic E-state index is 11.9. The number of benzene rings is 1. The zero-order chi connectivity index (χ0) is 18.1. The van der Waals surface area contributed by atoms with Crippen molar-refractivity contribution in [1.29, 1.82) is 0 Å². The van der Waals surface area contributed by atoms with Crippen molar-refractivity contribution in [1.82, 2.24) is 5.32 Å². The summed E-state index contributed by atoms with van der Waals surface area (Å²) < 4.78 is 5.12. The second-order valence-corrected chi connectivity index (χ2v) is 5.92. The number of nitrogens with two attached hydrogens (primary N) is 2. The number of nitrogens with one attached hydrogen (secondary N) is 1. The molecule has 5 N–H and O–H groups in total. The highest BCUT2D eigenvalue weighted by molar-refractivity contribution is 5.89. The Morgan fingerprint density at radius 1 is 1.17 bits per heavy atom. The number of hydrogen-bond donors (Lipinski definition) is 3.